The zero-order chi connectivity index (χ0) is 33.8. The maximum atomic E-state index is 14.4. The normalized spacial score (nSPS) is 25.0. The van der Waals surface area contributed by atoms with E-state index in [1.54, 1.807) is 35.8 Å². The number of piperazine rings is 1. The van der Waals surface area contributed by atoms with Crippen molar-refractivity contribution in [1.29, 1.82) is 0 Å². The smallest absolute Gasteiger partial charge is 0.409 e. The van der Waals surface area contributed by atoms with Crippen molar-refractivity contribution in [3.63, 3.8) is 0 Å². The summed E-state index contributed by atoms with van der Waals surface area (Å²) in [5.74, 6) is -0.525. The molecular weight excluding hydrogens is 594 g/mol. The Morgan fingerprint density at radius 3 is 2.24 bits per heavy atom. The fourth-order valence-electron chi connectivity index (χ4n) is 6.64. The molecule has 0 bridgehead atoms. The molecule has 254 valence electrons. The van der Waals surface area contributed by atoms with E-state index in [4.69, 9.17) is 23.7 Å². The van der Waals surface area contributed by atoms with Crippen LogP contribution in [0.25, 0.3) is 0 Å². The van der Waals surface area contributed by atoms with Crippen molar-refractivity contribution in [2.45, 2.75) is 66.1 Å². The van der Waals surface area contributed by atoms with Gasteiger partial charge in [0.05, 0.1) is 40.1 Å². The van der Waals surface area contributed by atoms with Crippen LogP contribution in [0.2, 0.25) is 0 Å². The quantitative estimate of drug-likeness (QED) is 0.371. The Morgan fingerprint density at radius 2 is 1.65 bits per heavy atom. The van der Waals surface area contributed by atoms with Gasteiger partial charge in [0, 0.05) is 50.8 Å². The summed E-state index contributed by atoms with van der Waals surface area (Å²) in [6.07, 6.45) is 0.993. The first-order valence-electron chi connectivity index (χ1n) is 16.0. The predicted octanol–water partition coefficient (Wildman–Crippen LogP) is 3.66. The molecule has 12 nitrogen and oxygen atoms in total. The number of benzene rings is 1. The summed E-state index contributed by atoms with van der Waals surface area (Å²) in [6.45, 7) is 11.7. The van der Waals surface area contributed by atoms with Crippen LogP contribution < -0.4 is 9.47 Å². The predicted molar refractivity (Wildman–Crippen MR) is 169 cm³/mol. The first kappa shape index (κ1) is 35.1. The van der Waals surface area contributed by atoms with Gasteiger partial charge >= 0.3 is 12.1 Å². The topological polar surface area (TPSA) is 124 Å². The van der Waals surface area contributed by atoms with Gasteiger partial charge in [-0.3, -0.25) is 14.4 Å². The number of likely N-dealkylation sites (tertiary alicyclic amines) is 1. The summed E-state index contributed by atoms with van der Waals surface area (Å²) in [4.78, 5) is 58.9. The van der Waals surface area contributed by atoms with E-state index in [0.29, 0.717) is 49.8 Å². The van der Waals surface area contributed by atoms with Crippen molar-refractivity contribution in [3.05, 3.63) is 35.5 Å². The van der Waals surface area contributed by atoms with Gasteiger partial charge in [-0.1, -0.05) is 26.8 Å². The average Bonchev–Trinajstić information content (AvgIpc) is 3.04. The number of fused-ring (bicyclic) bond motifs is 1. The maximum absolute atomic E-state index is 14.4. The van der Waals surface area contributed by atoms with E-state index in [1.165, 1.54) is 7.11 Å². The molecule has 0 spiro atoms. The van der Waals surface area contributed by atoms with Gasteiger partial charge < -0.3 is 38.4 Å². The molecule has 0 aromatic heterocycles. The molecule has 3 aliphatic heterocycles. The number of esters is 1. The molecule has 0 saturated carbocycles. The number of carbonyl (C=O) groups excluding carboxylic acids is 4. The third-order valence-electron chi connectivity index (χ3n) is 9.34. The van der Waals surface area contributed by atoms with Crippen LogP contribution in [0.5, 0.6) is 11.5 Å². The summed E-state index contributed by atoms with van der Waals surface area (Å²) in [6, 6.07) is 5.61. The van der Waals surface area contributed by atoms with E-state index in [2.05, 4.69) is 0 Å². The van der Waals surface area contributed by atoms with Gasteiger partial charge in [-0.25, -0.2) is 4.79 Å². The van der Waals surface area contributed by atoms with E-state index in [1.807, 2.05) is 52.0 Å². The van der Waals surface area contributed by atoms with Gasteiger partial charge in [0.15, 0.2) is 11.5 Å². The second-order valence-electron chi connectivity index (χ2n) is 13.2. The Balaban J connectivity index is 1.66. The lowest BCUT2D eigenvalue weighted by Gasteiger charge is -2.53. The van der Waals surface area contributed by atoms with Gasteiger partial charge in [0.25, 0.3) is 0 Å². The van der Waals surface area contributed by atoms with Crippen LogP contribution in [0.4, 0.5) is 4.79 Å². The second kappa shape index (κ2) is 14.3. The van der Waals surface area contributed by atoms with Gasteiger partial charge in [0.1, 0.15) is 5.41 Å². The molecule has 1 aromatic carbocycles. The number of methoxy groups -OCH3 is 3. The minimum absolute atomic E-state index is 0.0768. The molecule has 2 saturated heterocycles. The number of nitrogens with zero attached hydrogens (tertiary/aromatic N) is 3. The van der Waals surface area contributed by atoms with Crippen molar-refractivity contribution < 1.29 is 42.9 Å². The molecule has 3 heterocycles. The maximum Gasteiger partial charge on any atom is 0.409 e. The fraction of sp³-hybridized carbons (Fsp3) is 0.647. The Labute approximate surface area is 271 Å². The lowest BCUT2D eigenvalue weighted by Crippen LogP contribution is -2.61. The number of hydrogen-bond acceptors (Lipinski definition) is 9. The monoisotopic (exact) mass is 643 g/mol. The summed E-state index contributed by atoms with van der Waals surface area (Å²) in [7, 11) is 4.48. The molecule has 0 N–H and O–H groups in total. The second-order valence-corrected chi connectivity index (χ2v) is 13.2. The molecular formula is C34H49N3O9. The van der Waals surface area contributed by atoms with Crippen LogP contribution in [-0.4, -0.2) is 111 Å². The number of piperidine rings is 1. The lowest BCUT2D eigenvalue weighted by atomic mass is 9.65. The van der Waals surface area contributed by atoms with Crippen molar-refractivity contribution in [2.24, 2.45) is 16.7 Å². The zero-order valence-electron chi connectivity index (χ0n) is 28.4. The fourth-order valence-corrected chi connectivity index (χ4v) is 6.64. The Morgan fingerprint density at radius 1 is 1.00 bits per heavy atom. The van der Waals surface area contributed by atoms with Gasteiger partial charge in [0.2, 0.25) is 11.8 Å². The van der Waals surface area contributed by atoms with Crippen LogP contribution >= 0.6 is 0 Å². The van der Waals surface area contributed by atoms with E-state index in [9.17, 15) is 19.2 Å². The lowest BCUT2D eigenvalue weighted by molar-refractivity contribution is -0.180. The number of rotatable bonds is 9. The first-order chi connectivity index (χ1) is 21.8. The van der Waals surface area contributed by atoms with E-state index in [0.717, 1.165) is 5.56 Å². The van der Waals surface area contributed by atoms with Crippen molar-refractivity contribution in [2.75, 3.05) is 60.7 Å². The van der Waals surface area contributed by atoms with Crippen molar-refractivity contribution in [3.8, 4) is 11.5 Å². The third-order valence-corrected chi connectivity index (χ3v) is 9.34. The van der Waals surface area contributed by atoms with Crippen LogP contribution in [0.1, 0.15) is 53.0 Å². The van der Waals surface area contributed by atoms with Crippen LogP contribution in [0.3, 0.4) is 0 Å². The van der Waals surface area contributed by atoms with Gasteiger partial charge in [-0.15, -0.1) is 0 Å². The third kappa shape index (κ3) is 6.96. The highest BCUT2D eigenvalue weighted by Gasteiger charge is 2.60. The number of amides is 3. The number of carbonyl (C=O) groups is 4. The molecule has 4 rings (SSSR count). The Bertz CT molecular complexity index is 1330. The molecule has 0 aliphatic carbocycles. The first-order valence-corrected chi connectivity index (χ1v) is 16.0. The largest absolute Gasteiger partial charge is 0.493 e. The molecule has 2 fully saturated rings. The van der Waals surface area contributed by atoms with Gasteiger partial charge in [-0.05, 0) is 55.9 Å². The molecule has 0 radical (unpaired) electrons. The summed E-state index contributed by atoms with van der Waals surface area (Å²) >= 11 is 0. The molecule has 4 atom stereocenters. The Hall–Kier alpha value is -3.80. The van der Waals surface area contributed by atoms with Crippen LogP contribution in [0, 0.1) is 16.7 Å². The average molecular weight is 644 g/mol. The molecule has 1 aromatic rings. The Kier molecular flexibility index (Phi) is 10.9. The van der Waals surface area contributed by atoms with E-state index >= 15 is 0 Å². The molecule has 46 heavy (non-hydrogen) atoms. The van der Waals surface area contributed by atoms with Crippen LogP contribution in [-0.2, 0) is 35.0 Å². The van der Waals surface area contributed by atoms with Crippen LogP contribution in [0.15, 0.2) is 30.0 Å². The van der Waals surface area contributed by atoms with Crippen molar-refractivity contribution in [1.82, 2.24) is 14.7 Å². The summed E-state index contributed by atoms with van der Waals surface area (Å²) < 4.78 is 27.8. The molecule has 12 heteroatoms. The highest BCUT2D eigenvalue weighted by atomic mass is 16.6. The standard InChI is InChI=1S/C34H49N3O9/c1-9-45-32(41)36-16-14-35(15-17-36)29(38)19-24-21-34(31(40)44-8)22(2)46-28(33(3,4)5)20-27(34)37(30(24)39)13-12-23-10-11-25(42-6)26(18-23)43-7/h10-11,18,20,22,24,28H,9,12-17,19,21H2,1-8H3/t22-,24+,28-,34+/m1/s1. The summed E-state index contributed by atoms with van der Waals surface area (Å²) in [5, 5.41) is 0. The number of ether oxygens (including phenoxy) is 5. The highest BCUT2D eigenvalue weighted by Crippen LogP contribution is 2.52. The zero-order valence-corrected chi connectivity index (χ0v) is 28.4. The summed E-state index contributed by atoms with van der Waals surface area (Å²) in [5.41, 5.74) is -0.106. The number of hydrogen-bond donors (Lipinski definition) is 0. The molecule has 3 aliphatic rings. The molecule has 3 amide bonds. The van der Waals surface area contributed by atoms with Gasteiger partial charge in [-0.2, -0.15) is 0 Å². The van der Waals surface area contributed by atoms with E-state index in [-0.39, 0.29) is 49.3 Å². The van der Waals surface area contributed by atoms with E-state index < -0.39 is 29.5 Å². The SMILES string of the molecule is CCOC(=O)N1CCN(C(=O)C[C@H]2C[C@@]3(C(=O)OC)C(=C[C@H](C(C)(C)C)O[C@@H]3C)N(CCc3ccc(OC)c(OC)c3)C2=O)CC1. The minimum atomic E-state index is -1.28. The minimum Gasteiger partial charge on any atom is -0.493 e. The molecule has 0 unspecified atom stereocenters. The highest BCUT2D eigenvalue weighted by molar-refractivity contribution is 5.93. The van der Waals surface area contributed by atoms with Crippen molar-refractivity contribution >= 4 is 23.9 Å².